The number of nitrogens with zero attached hydrogens (tertiary/aromatic N) is 2. The third-order valence-corrected chi connectivity index (χ3v) is 14.7. The van der Waals surface area contributed by atoms with Gasteiger partial charge in [0.25, 0.3) is 0 Å². The number of piperazine rings is 1. The molecule has 3 saturated carbocycles. The smallest absolute Gasteiger partial charge is 0.229 e. The third-order valence-electron chi connectivity index (χ3n) is 14.7. The SMILES string of the molecule is CCN1CCN(C(=O)[C@]23CCC(C)(C)C[C@H]2C2=CC[C@@H]4[C@@]5(C)CCC(=O)NC(C)(C)[C@@H]5CC[C@@]4(C)[C@]2(C)CC3)CC1. The molecule has 0 aromatic carbocycles. The maximum absolute atomic E-state index is 14.7. The molecule has 0 spiro atoms. The molecular weight excluding hydrogens is 506 g/mol. The van der Waals surface area contributed by atoms with E-state index in [4.69, 9.17) is 0 Å². The van der Waals surface area contributed by atoms with Crippen molar-refractivity contribution in [1.29, 1.82) is 0 Å². The lowest BCUT2D eigenvalue weighted by Gasteiger charge is -2.70. The predicted molar refractivity (Wildman–Crippen MR) is 166 cm³/mol. The second-order valence-electron chi connectivity index (χ2n) is 17.4. The minimum Gasteiger partial charge on any atom is -0.351 e. The van der Waals surface area contributed by atoms with E-state index in [0.717, 1.165) is 77.7 Å². The molecule has 0 bridgehead atoms. The molecule has 6 aliphatic rings. The fraction of sp³-hybridized carbons (Fsp3) is 0.889. The summed E-state index contributed by atoms with van der Waals surface area (Å²) >= 11 is 0. The molecule has 2 heterocycles. The van der Waals surface area contributed by atoms with Crippen LogP contribution in [0.3, 0.4) is 0 Å². The second-order valence-corrected chi connectivity index (χ2v) is 17.4. The average molecular weight is 566 g/mol. The average Bonchev–Trinajstić information content (AvgIpc) is 3.00. The number of allylic oxidation sites excluding steroid dienone is 2. The van der Waals surface area contributed by atoms with Crippen molar-refractivity contribution in [3.8, 4) is 0 Å². The van der Waals surface area contributed by atoms with E-state index in [0.29, 0.717) is 30.1 Å². The predicted octanol–water partition coefficient (Wildman–Crippen LogP) is 6.82. The maximum atomic E-state index is 14.7. The summed E-state index contributed by atoms with van der Waals surface area (Å²) in [5.41, 5.74) is 1.97. The summed E-state index contributed by atoms with van der Waals surface area (Å²) in [6.45, 7) is 24.4. The molecule has 0 radical (unpaired) electrons. The fourth-order valence-corrected chi connectivity index (χ4v) is 12.0. The molecule has 0 aromatic rings. The normalized spacial score (nSPS) is 45.7. The van der Waals surface area contributed by atoms with Crippen LogP contribution in [-0.2, 0) is 9.59 Å². The van der Waals surface area contributed by atoms with Crippen LogP contribution in [0.4, 0.5) is 0 Å². The molecule has 2 saturated heterocycles. The van der Waals surface area contributed by atoms with Gasteiger partial charge in [0.05, 0.1) is 5.41 Å². The Kier molecular flexibility index (Phi) is 6.93. The Balaban J connectivity index is 1.39. The standard InChI is InChI=1S/C36H59N3O2/c1-9-38-20-22-39(23-21-38)30(41)36-18-16-31(2,3)24-26(36)25-10-11-28-33(6)14-13-29(40)37-32(4,5)27(33)12-15-35(28,8)34(25,7)17-19-36/h10,26-28H,9,11-24H2,1-8H3,(H,37,40)/t26-,27-,28+,33-,34+,35+,36-/m0/s1. The number of carbonyl (C=O) groups excluding carboxylic acids is 2. The lowest BCUT2D eigenvalue weighted by atomic mass is 9.35. The Labute approximate surface area is 250 Å². The van der Waals surface area contributed by atoms with E-state index in [9.17, 15) is 9.59 Å². The molecule has 0 unspecified atom stereocenters. The molecule has 0 aromatic heterocycles. The number of hydrogen-bond acceptors (Lipinski definition) is 3. The van der Waals surface area contributed by atoms with E-state index >= 15 is 0 Å². The number of amides is 2. The Hall–Kier alpha value is -1.36. The monoisotopic (exact) mass is 565 g/mol. The summed E-state index contributed by atoms with van der Waals surface area (Å²) in [5, 5.41) is 3.42. The van der Waals surface area contributed by atoms with Crippen LogP contribution in [0.2, 0.25) is 0 Å². The van der Waals surface area contributed by atoms with Gasteiger partial charge in [0.1, 0.15) is 0 Å². The quantitative estimate of drug-likeness (QED) is 0.374. The number of likely N-dealkylation sites (N-methyl/N-ethyl adjacent to an activating group) is 1. The Morgan fingerprint density at radius 2 is 1.59 bits per heavy atom. The van der Waals surface area contributed by atoms with Crippen molar-refractivity contribution in [2.45, 2.75) is 125 Å². The molecule has 7 atom stereocenters. The molecule has 1 N–H and O–H groups in total. The zero-order valence-electron chi connectivity index (χ0n) is 27.6. The number of hydrogen-bond donors (Lipinski definition) is 1. The zero-order chi connectivity index (χ0) is 29.6. The van der Waals surface area contributed by atoms with E-state index in [1.807, 2.05) is 0 Å². The van der Waals surface area contributed by atoms with Gasteiger partial charge in [0, 0.05) is 38.1 Å². The van der Waals surface area contributed by atoms with Crippen molar-refractivity contribution < 1.29 is 9.59 Å². The van der Waals surface area contributed by atoms with Crippen molar-refractivity contribution in [2.24, 2.45) is 44.8 Å². The molecule has 5 heteroatoms. The Bertz CT molecular complexity index is 1120. The van der Waals surface area contributed by atoms with Gasteiger partial charge in [-0.2, -0.15) is 0 Å². The summed E-state index contributed by atoms with van der Waals surface area (Å²) in [7, 11) is 0. The van der Waals surface area contributed by atoms with Crippen LogP contribution in [0.5, 0.6) is 0 Å². The van der Waals surface area contributed by atoms with Crippen LogP contribution >= 0.6 is 0 Å². The highest BCUT2D eigenvalue weighted by Crippen LogP contribution is 2.74. The van der Waals surface area contributed by atoms with Crippen LogP contribution < -0.4 is 5.32 Å². The molecule has 5 nitrogen and oxygen atoms in total. The first kappa shape index (κ1) is 29.7. The lowest BCUT2D eigenvalue weighted by Crippen LogP contribution is -2.65. The molecular formula is C36H59N3O2. The van der Waals surface area contributed by atoms with Gasteiger partial charge in [-0.3, -0.25) is 9.59 Å². The van der Waals surface area contributed by atoms with Crippen LogP contribution in [0, 0.1) is 44.8 Å². The summed E-state index contributed by atoms with van der Waals surface area (Å²) in [5.74, 6) is 2.14. The largest absolute Gasteiger partial charge is 0.351 e. The minimum absolute atomic E-state index is 0.112. The zero-order valence-corrected chi connectivity index (χ0v) is 27.6. The summed E-state index contributed by atoms with van der Waals surface area (Å²) < 4.78 is 0. The second kappa shape index (κ2) is 9.57. The van der Waals surface area contributed by atoms with Gasteiger partial charge in [-0.25, -0.2) is 0 Å². The number of rotatable bonds is 2. The van der Waals surface area contributed by atoms with Gasteiger partial charge < -0.3 is 15.1 Å². The van der Waals surface area contributed by atoms with Crippen LogP contribution in [0.1, 0.15) is 120 Å². The summed E-state index contributed by atoms with van der Waals surface area (Å²) in [6.07, 6.45) is 13.4. The van der Waals surface area contributed by atoms with Crippen LogP contribution in [0.15, 0.2) is 11.6 Å². The summed E-state index contributed by atoms with van der Waals surface area (Å²) in [4.78, 5) is 32.3. The Morgan fingerprint density at radius 3 is 2.27 bits per heavy atom. The van der Waals surface area contributed by atoms with E-state index < -0.39 is 0 Å². The van der Waals surface area contributed by atoms with Gasteiger partial charge in [-0.15, -0.1) is 0 Å². The number of carbonyl (C=O) groups is 2. The third kappa shape index (κ3) is 4.24. The van der Waals surface area contributed by atoms with E-state index in [-0.39, 0.29) is 38.5 Å². The van der Waals surface area contributed by atoms with Crippen LogP contribution in [-0.4, -0.2) is 59.9 Å². The van der Waals surface area contributed by atoms with Crippen molar-refractivity contribution in [2.75, 3.05) is 32.7 Å². The topological polar surface area (TPSA) is 52.7 Å². The van der Waals surface area contributed by atoms with Gasteiger partial charge in [-0.05, 0) is 118 Å². The summed E-state index contributed by atoms with van der Waals surface area (Å²) in [6, 6.07) is 0. The highest BCUT2D eigenvalue weighted by molar-refractivity contribution is 5.84. The molecule has 41 heavy (non-hydrogen) atoms. The van der Waals surface area contributed by atoms with Crippen molar-refractivity contribution in [3.05, 3.63) is 11.6 Å². The highest BCUT2D eigenvalue weighted by atomic mass is 16.2. The van der Waals surface area contributed by atoms with Crippen LogP contribution in [0.25, 0.3) is 0 Å². The van der Waals surface area contributed by atoms with Gasteiger partial charge in [0.2, 0.25) is 11.8 Å². The van der Waals surface area contributed by atoms with E-state index in [1.165, 1.54) is 12.8 Å². The fourth-order valence-electron chi connectivity index (χ4n) is 12.0. The Morgan fingerprint density at radius 1 is 0.902 bits per heavy atom. The van der Waals surface area contributed by atoms with Crippen molar-refractivity contribution in [1.82, 2.24) is 15.1 Å². The molecule has 2 aliphatic heterocycles. The van der Waals surface area contributed by atoms with Gasteiger partial charge in [-0.1, -0.05) is 53.2 Å². The molecule has 230 valence electrons. The van der Waals surface area contributed by atoms with Gasteiger partial charge in [0.15, 0.2) is 0 Å². The first-order chi connectivity index (χ1) is 19.1. The molecule has 4 aliphatic carbocycles. The van der Waals surface area contributed by atoms with Crippen molar-refractivity contribution >= 4 is 11.8 Å². The first-order valence-corrected chi connectivity index (χ1v) is 17.2. The first-order valence-electron chi connectivity index (χ1n) is 17.2. The molecule has 5 fully saturated rings. The number of fused-ring (bicyclic) bond motifs is 7. The van der Waals surface area contributed by atoms with Crippen molar-refractivity contribution in [3.63, 3.8) is 0 Å². The maximum Gasteiger partial charge on any atom is 0.229 e. The van der Waals surface area contributed by atoms with E-state index in [2.05, 4.69) is 76.6 Å². The lowest BCUT2D eigenvalue weighted by molar-refractivity contribution is -0.172. The molecule has 6 rings (SSSR count). The number of nitrogens with one attached hydrogen (secondary N) is 1. The van der Waals surface area contributed by atoms with E-state index in [1.54, 1.807) is 5.57 Å². The molecule has 2 amide bonds. The highest BCUT2D eigenvalue weighted by Gasteiger charge is 2.68. The van der Waals surface area contributed by atoms with Gasteiger partial charge >= 0.3 is 0 Å². The minimum atomic E-state index is -0.222.